The summed E-state index contributed by atoms with van der Waals surface area (Å²) in [6, 6.07) is 18.9. The van der Waals surface area contributed by atoms with Gasteiger partial charge >= 0.3 is 0 Å². The van der Waals surface area contributed by atoms with E-state index in [1.54, 1.807) is 24.3 Å². The molecule has 8 rings (SSSR count). The van der Waals surface area contributed by atoms with Crippen LogP contribution < -0.4 is 21.3 Å². The summed E-state index contributed by atoms with van der Waals surface area (Å²) < 4.78 is 12.1. The summed E-state index contributed by atoms with van der Waals surface area (Å²) in [5, 5.41) is 11.8. The predicted molar refractivity (Wildman–Crippen MR) is 248 cm³/mol. The fourth-order valence-corrected chi connectivity index (χ4v) is 10.2. The summed E-state index contributed by atoms with van der Waals surface area (Å²) in [5.41, 5.74) is 4.62. The Morgan fingerprint density at radius 2 is 1.00 bits per heavy atom. The summed E-state index contributed by atoms with van der Waals surface area (Å²) >= 11 is 14.3. The van der Waals surface area contributed by atoms with E-state index in [1.807, 2.05) is 12.1 Å². The molecule has 2 fully saturated rings. The Labute approximate surface area is 382 Å². The largest absolute Gasteiger partial charge is 0.378 e. The van der Waals surface area contributed by atoms with Crippen LogP contribution in [0.2, 0.25) is 8.67 Å². The molecular weight excluding hydrogens is 868 g/mol. The number of benzene rings is 2. The number of thiophene rings is 2. The molecule has 0 spiro atoms. The number of nitrogens with zero attached hydrogens (tertiary/aromatic N) is 2. The third-order valence-electron chi connectivity index (χ3n) is 12.9. The number of halogens is 2. The van der Waals surface area contributed by atoms with Gasteiger partial charge in [0.25, 0.3) is 23.6 Å². The highest BCUT2D eigenvalue weighted by Crippen LogP contribution is 2.32. The van der Waals surface area contributed by atoms with Crippen molar-refractivity contribution in [2.75, 3.05) is 64.2 Å². The first-order valence-electron chi connectivity index (χ1n) is 21.0. The summed E-state index contributed by atoms with van der Waals surface area (Å²) in [6.45, 7) is 12.1. The van der Waals surface area contributed by atoms with Crippen molar-refractivity contribution in [3.05, 3.63) is 101 Å². The Morgan fingerprint density at radius 1 is 0.597 bits per heavy atom. The zero-order valence-electron chi connectivity index (χ0n) is 36.2. The molecule has 4 aromatic rings. The van der Waals surface area contributed by atoms with Crippen molar-refractivity contribution in [2.24, 2.45) is 0 Å². The summed E-state index contributed by atoms with van der Waals surface area (Å²) in [5.74, 6) is -1.14. The molecule has 12 nitrogen and oxygen atoms in total. The van der Waals surface area contributed by atoms with E-state index < -0.39 is 11.1 Å². The van der Waals surface area contributed by atoms with Gasteiger partial charge in [-0.2, -0.15) is 0 Å². The number of hydrogen-bond acceptors (Lipinski definition) is 10. The fraction of sp³-hybridized carbons (Fsp3) is 0.478. The maximum Gasteiger partial charge on any atom is 0.262 e. The van der Waals surface area contributed by atoms with Gasteiger partial charge in [0.1, 0.15) is 11.1 Å². The number of fused-ring (bicyclic) bond motifs is 2. The number of carbonyl (C=O) groups is 4. The second-order valence-corrected chi connectivity index (χ2v) is 21.5. The normalized spacial score (nSPS) is 23.1. The number of carbonyl (C=O) groups excluding carboxylic acids is 4. The molecule has 332 valence electrons. The van der Waals surface area contributed by atoms with E-state index in [-0.39, 0.29) is 47.9 Å². The minimum Gasteiger partial charge on any atom is -0.378 e. The van der Waals surface area contributed by atoms with Crippen molar-refractivity contribution in [2.45, 2.75) is 88.4 Å². The molecule has 4 aliphatic rings. The SMILES string of the molecule is CN1CCc2cc(NC(=O)[C@@]3(NC(=O)c4ccc(Cl)s4)CCOC3)ccc2CC1(C)C.CN1CCc2cc(NC(=O)[C@]3(NC(=O)c4ccc(Cl)s4)CCOC3)ccc2CC1(C)C. The molecule has 0 radical (unpaired) electrons. The molecule has 4 amide bonds. The highest BCUT2D eigenvalue weighted by atomic mass is 35.5. The number of nitrogens with one attached hydrogen (secondary N) is 4. The van der Waals surface area contributed by atoms with Crippen LogP contribution in [0.3, 0.4) is 0 Å². The van der Waals surface area contributed by atoms with E-state index in [0.29, 0.717) is 44.5 Å². The molecule has 6 heterocycles. The van der Waals surface area contributed by atoms with Gasteiger partial charge in [-0.1, -0.05) is 35.3 Å². The first-order valence-corrected chi connectivity index (χ1v) is 23.4. The number of hydrogen-bond donors (Lipinski definition) is 4. The highest BCUT2D eigenvalue weighted by Gasteiger charge is 2.45. The molecule has 0 bridgehead atoms. The Morgan fingerprint density at radius 3 is 1.34 bits per heavy atom. The third kappa shape index (κ3) is 10.4. The van der Waals surface area contributed by atoms with E-state index in [0.717, 1.165) is 50.1 Å². The maximum absolute atomic E-state index is 13.3. The molecular formula is C46H56Cl2N6O6S2. The van der Waals surface area contributed by atoms with Gasteiger partial charge in [0, 0.05) is 61.6 Å². The van der Waals surface area contributed by atoms with Gasteiger partial charge in [-0.3, -0.25) is 19.2 Å². The fourth-order valence-electron chi connectivity index (χ4n) is 8.33. The molecule has 4 aliphatic heterocycles. The van der Waals surface area contributed by atoms with Gasteiger partial charge in [0.15, 0.2) is 0 Å². The van der Waals surface area contributed by atoms with E-state index in [1.165, 1.54) is 44.9 Å². The van der Waals surface area contributed by atoms with E-state index in [4.69, 9.17) is 32.7 Å². The Hall–Kier alpha value is -3.86. The lowest BCUT2D eigenvalue weighted by Gasteiger charge is -2.33. The highest BCUT2D eigenvalue weighted by molar-refractivity contribution is 7.18. The van der Waals surface area contributed by atoms with Crippen LogP contribution in [-0.2, 0) is 44.7 Å². The van der Waals surface area contributed by atoms with Gasteiger partial charge in [-0.05, 0) is 138 Å². The van der Waals surface area contributed by atoms with Gasteiger partial charge in [-0.25, -0.2) is 0 Å². The zero-order chi connectivity index (χ0) is 44.5. The predicted octanol–water partition coefficient (Wildman–Crippen LogP) is 7.48. The van der Waals surface area contributed by atoms with E-state index in [9.17, 15) is 19.2 Å². The second-order valence-electron chi connectivity index (χ2n) is 18.1. The standard InChI is InChI=1S/2C23H28ClN3O3S/c2*1-22(2)13-16-4-5-17(12-15(16)8-10-27(22)3)25-21(29)23(9-11-30-14-23)26-20(28)18-6-7-19(24)31-18/h2*4-7,12H,8-11,13-14H2,1-3H3,(H,25,29)(H,26,28)/t2*23-/m10/s1. The van der Waals surface area contributed by atoms with Gasteiger partial charge < -0.3 is 40.5 Å². The molecule has 2 saturated heterocycles. The van der Waals surface area contributed by atoms with Gasteiger partial charge in [0.2, 0.25) is 0 Å². The summed E-state index contributed by atoms with van der Waals surface area (Å²) in [6.07, 6.45) is 4.64. The Balaban J connectivity index is 0.000000186. The van der Waals surface area contributed by atoms with Crippen molar-refractivity contribution in [1.82, 2.24) is 20.4 Å². The first-order chi connectivity index (χ1) is 29.4. The van der Waals surface area contributed by atoms with Crippen LogP contribution >= 0.6 is 45.9 Å². The number of anilines is 2. The summed E-state index contributed by atoms with van der Waals surface area (Å²) in [7, 11) is 4.31. The quantitative estimate of drug-likeness (QED) is 0.143. The lowest BCUT2D eigenvalue weighted by atomic mass is 9.92. The molecule has 0 aliphatic carbocycles. The minimum atomic E-state index is -1.09. The number of ether oxygens (including phenoxy) is 2. The number of likely N-dealkylation sites (N-methyl/N-ethyl adjacent to an activating group) is 2. The van der Waals surface area contributed by atoms with Crippen LogP contribution in [0.15, 0.2) is 60.7 Å². The number of rotatable bonds is 8. The number of amides is 4. The van der Waals surface area contributed by atoms with Crippen LogP contribution in [0.1, 0.15) is 82.1 Å². The van der Waals surface area contributed by atoms with Crippen molar-refractivity contribution < 1.29 is 28.7 Å². The summed E-state index contributed by atoms with van der Waals surface area (Å²) in [4.78, 5) is 57.6. The van der Waals surface area contributed by atoms with E-state index >= 15 is 0 Å². The maximum atomic E-state index is 13.3. The molecule has 0 unspecified atom stereocenters. The van der Waals surface area contributed by atoms with Crippen LogP contribution in [0.5, 0.6) is 0 Å². The van der Waals surface area contributed by atoms with Crippen molar-refractivity contribution in [3.8, 4) is 0 Å². The first kappa shape index (κ1) is 46.1. The van der Waals surface area contributed by atoms with Crippen LogP contribution in [0.4, 0.5) is 11.4 Å². The van der Waals surface area contributed by atoms with Crippen molar-refractivity contribution in [3.63, 3.8) is 0 Å². The second kappa shape index (κ2) is 18.7. The molecule has 4 N–H and O–H groups in total. The molecule has 2 atom stereocenters. The molecule has 16 heteroatoms. The average molecular weight is 924 g/mol. The van der Waals surface area contributed by atoms with Gasteiger partial charge in [-0.15, -0.1) is 22.7 Å². The monoisotopic (exact) mass is 922 g/mol. The van der Waals surface area contributed by atoms with Crippen molar-refractivity contribution >= 4 is 80.9 Å². The van der Waals surface area contributed by atoms with Crippen molar-refractivity contribution in [1.29, 1.82) is 0 Å². The zero-order valence-corrected chi connectivity index (χ0v) is 39.3. The average Bonchev–Trinajstić information content (AvgIpc) is 4.05. The molecule has 2 aromatic carbocycles. The smallest absolute Gasteiger partial charge is 0.262 e. The van der Waals surface area contributed by atoms with Gasteiger partial charge in [0.05, 0.1) is 31.6 Å². The lowest BCUT2D eigenvalue weighted by molar-refractivity contribution is -0.122. The van der Waals surface area contributed by atoms with Crippen LogP contribution in [-0.4, -0.2) is 109 Å². The van der Waals surface area contributed by atoms with Crippen LogP contribution in [0, 0.1) is 0 Å². The lowest BCUT2D eigenvalue weighted by Crippen LogP contribution is -2.57. The van der Waals surface area contributed by atoms with E-state index in [2.05, 4.69) is 97.1 Å². The minimum absolute atomic E-state index is 0.0935. The molecule has 0 saturated carbocycles. The molecule has 62 heavy (non-hydrogen) atoms. The Bertz CT molecular complexity index is 2160. The Kier molecular flexibility index (Phi) is 13.9. The van der Waals surface area contributed by atoms with Crippen LogP contribution in [0.25, 0.3) is 0 Å². The molecule has 2 aromatic heterocycles. The topological polar surface area (TPSA) is 141 Å². The third-order valence-corrected chi connectivity index (χ3v) is 15.3.